The highest BCUT2D eigenvalue weighted by atomic mass is 16.7. The minimum Gasteiger partial charge on any atom is -0.454 e. The molecule has 22 heavy (non-hydrogen) atoms. The van der Waals surface area contributed by atoms with E-state index < -0.39 is 0 Å². The zero-order valence-corrected chi connectivity index (χ0v) is 12.2. The van der Waals surface area contributed by atoms with E-state index in [0.717, 1.165) is 36.2 Å². The van der Waals surface area contributed by atoms with Gasteiger partial charge in [0.05, 0.1) is 0 Å². The van der Waals surface area contributed by atoms with Crippen molar-refractivity contribution in [2.75, 3.05) is 6.79 Å². The maximum absolute atomic E-state index is 12.4. The topological polar surface area (TPSA) is 55.8 Å². The van der Waals surface area contributed by atoms with E-state index >= 15 is 0 Å². The third-order valence-corrected chi connectivity index (χ3v) is 5.81. The fraction of sp³-hybridized carbons (Fsp3) is 0.529. The largest absolute Gasteiger partial charge is 0.454 e. The Morgan fingerprint density at radius 1 is 1.18 bits per heavy atom. The van der Waals surface area contributed by atoms with E-state index in [1.807, 2.05) is 17.0 Å². The Hall–Kier alpha value is -2.04. The average molecular weight is 299 g/mol. The van der Waals surface area contributed by atoms with Crippen LogP contribution in [0.3, 0.4) is 0 Å². The van der Waals surface area contributed by atoms with Crippen molar-refractivity contribution in [3.8, 4) is 11.5 Å². The molecule has 4 atom stereocenters. The molecule has 0 radical (unpaired) electrons. The van der Waals surface area contributed by atoms with Crippen LogP contribution >= 0.6 is 0 Å². The summed E-state index contributed by atoms with van der Waals surface area (Å²) in [4.78, 5) is 26.0. The van der Waals surface area contributed by atoms with Gasteiger partial charge < -0.3 is 19.2 Å². The van der Waals surface area contributed by atoms with Gasteiger partial charge in [-0.1, -0.05) is 0 Å². The summed E-state index contributed by atoms with van der Waals surface area (Å²) >= 11 is 0. The van der Waals surface area contributed by atoms with Gasteiger partial charge in [-0.2, -0.15) is 0 Å². The molecule has 1 aromatic rings. The smallest absolute Gasteiger partial charge is 0.231 e. The second-order valence-electron chi connectivity index (χ2n) is 6.78. The summed E-state index contributed by atoms with van der Waals surface area (Å²) in [5, 5.41) is 0. The van der Waals surface area contributed by atoms with E-state index in [1.54, 1.807) is 0 Å². The van der Waals surface area contributed by atoms with E-state index in [-0.39, 0.29) is 30.6 Å². The Kier molecular flexibility index (Phi) is 2.41. The van der Waals surface area contributed by atoms with E-state index in [1.165, 1.54) is 5.56 Å². The van der Waals surface area contributed by atoms with Crippen LogP contribution in [0.4, 0.5) is 0 Å². The quantitative estimate of drug-likeness (QED) is 0.743. The third kappa shape index (κ3) is 1.49. The molecule has 1 saturated heterocycles. The molecular formula is C17H17NO4. The number of rotatable bonds is 1. The number of hydrogen-bond donors (Lipinski definition) is 0. The monoisotopic (exact) mass is 299 g/mol. The second-order valence-corrected chi connectivity index (χ2v) is 6.78. The molecule has 0 aromatic heterocycles. The van der Waals surface area contributed by atoms with Crippen molar-refractivity contribution in [3.63, 3.8) is 0 Å². The number of hydrogen-bond acceptors (Lipinski definition) is 4. The Balaban J connectivity index is 1.69. The number of aldehydes is 1. The van der Waals surface area contributed by atoms with Crippen LogP contribution in [0.15, 0.2) is 12.1 Å². The van der Waals surface area contributed by atoms with Gasteiger partial charge in [0, 0.05) is 30.8 Å². The van der Waals surface area contributed by atoms with Gasteiger partial charge in [-0.15, -0.1) is 0 Å². The molecule has 0 spiro atoms. The van der Waals surface area contributed by atoms with Gasteiger partial charge in [-0.05, 0) is 42.0 Å². The molecule has 1 aromatic carbocycles. The van der Waals surface area contributed by atoms with E-state index in [4.69, 9.17) is 9.47 Å². The molecular weight excluding hydrogens is 282 g/mol. The summed E-state index contributed by atoms with van der Waals surface area (Å²) in [5.41, 5.74) is 2.29. The van der Waals surface area contributed by atoms with Crippen LogP contribution in [0.1, 0.15) is 36.3 Å². The van der Waals surface area contributed by atoms with Gasteiger partial charge in [-0.25, -0.2) is 0 Å². The molecule has 0 bridgehead atoms. The molecule has 3 heterocycles. The Morgan fingerprint density at radius 3 is 2.82 bits per heavy atom. The molecule has 0 N–H and O–H groups in total. The summed E-state index contributed by atoms with van der Waals surface area (Å²) in [6.45, 7) is 0.878. The molecule has 5 heteroatoms. The first-order valence-corrected chi connectivity index (χ1v) is 7.93. The van der Waals surface area contributed by atoms with Crippen LogP contribution in [0.25, 0.3) is 0 Å². The number of amides is 1. The van der Waals surface area contributed by atoms with Crippen LogP contribution in [0.5, 0.6) is 11.5 Å². The van der Waals surface area contributed by atoms with Crippen molar-refractivity contribution >= 4 is 12.2 Å². The minimum absolute atomic E-state index is 0.00549. The van der Waals surface area contributed by atoms with E-state index in [0.29, 0.717) is 18.9 Å². The van der Waals surface area contributed by atoms with Gasteiger partial charge >= 0.3 is 0 Å². The summed E-state index contributed by atoms with van der Waals surface area (Å²) in [6, 6.07) is 4.22. The van der Waals surface area contributed by atoms with Crippen LogP contribution in [0.2, 0.25) is 0 Å². The predicted molar refractivity (Wildman–Crippen MR) is 76.5 cm³/mol. The highest BCUT2D eigenvalue weighted by molar-refractivity contribution is 5.81. The predicted octanol–water partition coefficient (Wildman–Crippen LogP) is 1.84. The van der Waals surface area contributed by atoms with Crippen molar-refractivity contribution in [1.29, 1.82) is 0 Å². The van der Waals surface area contributed by atoms with Gasteiger partial charge in [0.1, 0.15) is 6.29 Å². The number of fused-ring (bicyclic) bond motifs is 3. The minimum atomic E-state index is -0.00549. The normalized spacial score (nSPS) is 34.4. The Morgan fingerprint density at radius 2 is 2.00 bits per heavy atom. The van der Waals surface area contributed by atoms with Crippen LogP contribution < -0.4 is 9.47 Å². The first kappa shape index (κ1) is 12.5. The van der Waals surface area contributed by atoms with Crippen molar-refractivity contribution in [2.24, 2.45) is 11.8 Å². The van der Waals surface area contributed by atoms with Gasteiger partial charge in [-0.3, -0.25) is 4.79 Å². The van der Waals surface area contributed by atoms with Crippen molar-refractivity contribution in [3.05, 3.63) is 23.3 Å². The molecule has 5 nitrogen and oxygen atoms in total. The van der Waals surface area contributed by atoms with Gasteiger partial charge in [0.2, 0.25) is 12.7 Å². The van der Waals surface area contributed by atoms with Crippen LogP contribution in [-0.2, 0) is 16.1 Å². The summed E-state index contributed by atoms with van der Waals surface area (Å²) in [5.74, 6) is 2.25. The molecule has 4 aliphatic rings. The van der Waals surface area contributed by atoms with Crippen LogP contribution in [-0.4, -0.2) is 29.9 Å². The second kappa shape index (κ2) is 4.24. The molecule has 1 amide bonds. The zero-order chi connectivity index (χ0) is 14.8. The molecule has 114 valence electrons. The lowest BCUT2D eigenvalue weighted by atomic mass is 9.66. The van der Waals surface area contributed by atoms with Crippen molar-refractivity contribution < 1.29 is 19.1 Å². The third-order valence-electron chi connectivity index (χ3n) is 5.81. The summed E-state index contributed by atoms with van der Waals surface area (Å²) in [6.07, 6.45) is 3.58. The maximum atomic E-state index is 12.4. The number of nitrogens with zero attached hydrogens (tertiary/aromatic N) is 1. The number of carbonyl (C=O) groups excluding carboxylic acids is 2. The van der Waals surface area contributed by atoms with Crippen molar-refractivity contribution in [2.45, 2.75) is 37.8 Å². The summed E-state index contributed by atoms with van der Waals surface area (Å²) < 4.78 is 11.0. The Labute approximate surface area is 128 Å². The molecule has 1 aliphatic carbocycles. The lowest BCUT2D eigenvalue weighted by molar-refractivity contribution is -0.131. The van der Waals surface area contributed by atoms with E-state index in [2.05, 4.69) is 0 Å². The fourth-order valence-corrected chi connectivity index (χ4v) is 4.87. The number of ether oxygens (including phenoxy) is 2. The molecule has 3 aliphatic heterocycles. The highest BCUT2D eigenvalue weighted by Gasteiger charge is 2.52. The molecule has 1 saturated carbocycles. The average Bonchev–Trinajstić information content (AvgIpc) is 3.11. The molecule has 2 fully saturated rings. The Bertz CT molecular complexity index is 685. The standard InChI is InChI=1S/C17H17NO4/c19-7-10-2-1-9-4-15(20)18-6-11-3-13-14(22-8-21-13)5-12(11)16(10)17(9)18/h3,5,7,9-10,16-17H,1-2,4,6,8H2/t9-,10?,16-,17+/m0/s1. The molecule has 1 unspecified atom stereocenters. The SMILES string of the molecule is O=CC1CC[C@H]2CC(=O)N3Cc4cc5c(cc4[C@H]1[C@@H]23)OCO5. The summed E-state index contributed by atoms with van der Waals surface area (Å²) in [7, 11) is 0. The lowest BCUT2D eigenvalue weighted by Gasteiger charge is -2.46. The highest BCUT2D eigenvalue weighted by Crippen LogP contribution is 2.53. The fourth-order valence-electron chi connectivity index (χ4n) is 4.87. The maximum Gasteiger partial charge on any atom is 0.231 e. The first-order chi connectivity index (χ1) is 10.8. The zero-order valence-electron chi connectivity index (χ0n) is 12.2. The van der Waals surface area contributed by atoms with Crippen molar-refractivity contribution in [1.82, 2.24) is 4.90 Å². The van der Waals surface area contributed by atoms with E-state index in [9.17, 15) is 9.59 Å². The molecule has 5 rings (SSSR count). The van der Waals surface area contributed by atoms with Gasteiger partial charge in [0.15, 0.2) is 11.5 Å². The number of benzene rings is 1. The van der Waals surface area contributed by atoms with Crippen LogP contribution in [0, 0.1) is 11.8 Å². The van der Waals surface area contributed by atoms with Gasteiger partial charge in [0.25, 0.3) is 0 Å². The lowest BCUT2D eigenvalue weighted by Crippen LogP contribution is -2.48. The number of carbonyl (C=O) groups is 2. The first-order valence-electron chi connectivity index (χ1n) is 7.93.